The summed E-state index contributed by atoms with van der Waals surface area (Å²) in [5.74, 6) is -0.840. The number of esters is 1. The van der Waals surface area contributed by atoms with Crippen LogP contribution in [0.4, 0.5) is 11.4 Å². The minimum atomic E-state index is -0.707. The molecule has 0 heterocycles. The number of nitrogens with zero attached hydrogens (tertiary/aromatic N) is 1. The summed E-state index contributed by atoms with van der Waals surface area (Å²) in [5.41, 5.74) is -0.133. The fraction of sp³-hybridized carbons (Fsp3) is 0.176. The molecule has 0 saturated carbocycles. The SMILES string of the molecule is COC(=O)c1cc(OC)c(OC)cc1NC(=O)c1ccc([N+](=O)[O-])cc1Cl. The van der Waals surface area contributed by atoms with Gasteiger partial charge in [0, 0.05) is 24.3 Å². The van der Waals surface area contributed by atoms with Crippen LogP contribution in [0.15, 0.2) is 30.3 Å². The Morgan fingerprint density at radius 2 is 1.67 bits per heavy atom. The first-order chi connectivity index (χ1) is 12.8. The number of non-ortho nitro benzene ring substituents is 1. The summed E-state index contributed by atoms with van der Waals surface area (Å²) in [4.78, 5) is 34.7. The Balaban J connectivity index is 2.44. The molecule has 2 rings (SSSR count). The van der Waals surface area contributed by atoms with Gasteiger partial charge in [0.15, 0.2) is 11.5 Å². The van der Waals surface area contributed by atoms with Gasteiger partial charge in [-0.05, 0) is 6.07 Å². The van der Waals surface area contributed by atoms with Crippen LogP contribution in [-0.2, 0) is 4.74 Å². The van der Waals surface area contributed by atoms with Crippen molar-refractivity contribution < 1.29 is 28.7 Å². The van der Waals surface area contributed by atoms with Crippen LogP contribution in [0.2, 0.25) is 5.02 Å². The lowest BCUT2D eigenvalue weighted by Gasteiger charge is -2.15. The number of nitrogens with one attached hydrogen (secondary N) is 1. The summed E-state index contributed by atoms with van der Waals surface area (Å²) in [6.07, 6.45) is 0. The van der Waals surface area contributed by atoms with Crippen molar-refractivity contribution in [2.75, 3.05) is 26.6 Å². The van der Waals surface area contributed by atoms with Crippen molar-refractivity contribution in [1.82, 2.24) is 0 Å². The van der Waals surface area contributed by atoms with Crippen molar-refractivity contribution in [2.45, 2.75) is 0 Å². The van der Waals surface area contributed by atoms with Crippen LogP contribution < -0.4 is 14.8 Å². The molecule has 9 nitrogen and oxygen atoms in total. The normalized spacial score (nSPS) is 10.1. The van der Waals surface area contributed by atoms with E-state index in [0.717, 1.165) is 12.1 Å². The summed E-state index contributed by atoms with van der Waals surface area (Å²) in [6.45, 7) is 0. The third kappa shape index (κ3) is 4.26. The van der Waals surface area contributed by atoms with E-state index in [9.17, 15) is 19.7 Å². The number of ether oxygens (including phenoxy) is 3. The van der Waals surface area contributed by atoms with Crippen molar-refractivity contribution in [3.05, 3.63) is 56.6 Å². The van der Waals surface area contributed by atoms with Crippen molar-refractivity contribution in [1.29, 1.82) is 0 Å². The maximum Gasteiger partial charge on any atom is 0.340 e. The molecule has 27 heavy (non-hydrogen) atoms. The Hall–Kier alpha value is -3.33. The van der Waals surface area contributed by atoms with E-state index in [-0.39, 0.29) is 39.0 Å². The third-order valence-electron chi connectivity index (χ3n) is 3.59. The zero-order valence-corrected chi connectivity index (χ0v) is 15.3. The predicted octanol–water partition coefficient (Wildman–Crippen LogP) is 3.30. The van der Waals surface area contributed by atoms with E-state index < -0.39 is 16.8 Å². The van der Waals surface area contributed by atoms with Crippen LogP contribution in [0.1, 0.15) is 20.7 Å². The first-order valence-corrected chi connectivity index (χ1v) is 7.79. The van der Waals surface area contributed by atoms with Crippen LogP contribution in [0, 0.1) is 10.1 Å². The molecule has 0 aliphatic rings. The van der Waals surface area contributed by atoms with Gasteiger partial charge in [0.25, 0.3) is 11.6 Å². The maximum atomic E-state index is 12.5. The molecule has 2 aromatic carbocycles. The van der Waals surface area contributed by atoms with Gasteiger partial charge in [-0.25, -0.2) is 4.79 Å². The largest absolute Gasteiger partial charge is 0.493 e. The van der Waals surface area contributed by atoms with Crippen molar-refractivity contribution >= 4 is 34.9 Å². The van der Waals surface area contributed by atoms with Crippen molar-refractivity contribution in [3.63, 3.8) is 0 Å². The van der Waals surface area contributed by atoms with E-state index in [1.165, 1.54) is 39.5 Å². The predicted molar refractivity (Wildman–Crippen MR) is 96.9 cm³/mol. The molecule has 0 aliphatic heterocycles. The Labute approximate surface area is 158 Å². The molecular formula is C17H15ClN2O7. The van der Waals surface area contributed by atoms with Gasteiger partial charge in [-0.1, -0.05) is 11.6 Å². The van der Waals surface area contributed by atoms with Crippen LogP contribution in [0.3, 0.4) is 0 Å². The molecular weight excluding hydrogens is 380 g/mol. The average molecular weight is 395 g/mol. The maximum absolute atomic E-state index is 12.5. The van der Waals surface area contributed by atoms with Gasteiger partial charge in [-0.15, -0.1) is 0 Å². The smallest absolute Gasteiger partial charge is 0.340 e. The van der Waals surface area contributed by atoms with E-state index in [0.29, 0.717) is 0 Å². The van der Waals surface area contributed by atoms with E-state index in [1.807, 2.05) is 0 Å². The molecule has 10 heteroatoms. The molecule has 0 atom stereocenters. The minimum absolute atomic E-state index is 0.00660. The molecule has 0 aromatic heterocycles. The van der Waals surface area contributed by atoms with E-state index in [2.05, 4.69) is 5.32 Å². The number of carbonyl (C=O) groups is 2. The highest BCUT2D eigenvalue weighted by molar-refractivity contribution is 6.34. The van der Waals surface area contributed by atoms with Gasteiger partial charge in [0.1, 0.15) is 0 Å². The average Bonchev–Trinajstić information content (AvgIpc) is 2.66. The minimum Gasteiger partial charge on any atom is -0.493 e. The highest BCUT2D eigenvalue weighted by atomic mass is 35.5. The van der Waals surface area contributed by atoms with Gasteiger partial charge in [-0.3, -0.25) is 14.9 Å². The molecule has 1 N–H and O–H groups in total. The Kier molecular flexibility index (Phi) is 6.19. The Morgan fingerprint density at radius 1 is 1.04 bits per heavy atom. The van der Waals surface area contributed by atoms with Gasteiger partial charge >= 0.3 is 5.97 Å². The molecule has 0 fully saturated rings. The molecule has 0 unspecified atom stereocenters. The Morgan fingerprint density at radius 3 is 2.19 bits per heavy atom. The van der Waals surface area contributed by atoms with Gasteiger partial charge in [0.2, 0.25) is 0 Å². The molecule has 0 bridgehead atoms. The molecule has 0 radical (unpaired) electrons. The second-order valence-electron chi connectivity index (χ2n) is 5.12. The van der Waals surface area contributed by atoms with Crippen molar-refractivity contribution in [2.24, 2.45) is 0 Å². The number of halogens is 1. The lowest BCUT2D eigenvalue weighted by atomic mass is 10.1. The highest BCUT2D eigenvalue weighted by Crippen LogP contribution is 2.34. The molecule has 0 aliphatic carbocycles. The number of hydrogen-bond acceptors (Lipinski definition) is 7. The van der Waals surface area contributed by atoms with E-state index in [4.69, 9.17) is 25.8 Å². The lowest BCUT2D eigenvalue weighted by Crippen LogP contribution is -2.16. The Bertz CT molecular complexity index is 914. The number of anilines is 1. The molecule has 0 spiro atoms. The molecule has 142 valence electrons. The first kappa shape index (κ1) is 20.0. The molecule has 2 aromatic rings. The molecule has 0 saturated heterocycles. The number of benzene rings is 2. The van der Waals surface area contributed by atoms with Crippen LogP contribution in [0.5, 0.6) is 11.5 Å². The second kappa shape index (κ2) is 8.37. The third-order valence-corrected chi connectivity index (χ3v) is 3.90. The number of carbonyl (C=O) groups excluding carboxylic acids is 2. The van der Waals surface area contributed by atoms with Gasteiger partial charge in [0.05, 0.1) is 48.1 Å². The summed E-state index contributed by atoms with van der Waals surface area (Å²) < 4.78 is 15.0. The summed E-state index contributed by atoms with van der Waals surface area (Å²) in [5, 5.41) is 13.2. The number of nitro benzene ring substituents is 1. The lowest BCUT2D eigenvalue weighted by molar-refractivity contribution is -0.384. The van der Waals surface area contributed by atoms with E-state index >= 15 is 0 Å². The summed E-state index contributed by atoms with van der Waals surface area (Å²) in [7, 11) is 3.99. The summed E-state index contributed by atoms with van der Waals surface area (Å²) >= 11 is 5.97. The standard InChI is InChI=1S/C17H15ClN2O7/c1-25-14-7-11(17(22)27-3)13(8-15(14)26-2)19-16(21)10-5-4-9(20(23)24)6-12(10)18/h4-8H,1-3H3,(H,19,21). The summed E-state index contributed by atoms with van der Waals surface area (Å²) in [6, 6.07) is 6.18. The first-order valence-electron chi connectivity index (χ1n) is 7.42. The van der Waals surface area contributed by atoms with E-state index in [1.54, 1.807) is 0 Å². The quantitative estimate of drug-likeness (QED) is 0.453. The van der Waals surface area contributed by atoms with Crippen LogP contribution in [0.25, 0.3) is 0 Å². The zero-order valence-electron chi connectivity index (χ0n) is 14.6. The highest BCUT2D eigenvalue weighted by Gasteiger charge is 2.21. The fourth-order valence-corrected chi connectivity index (χ4v) is 2.51. The van der Waals surface area contributed by atoms with Crippen LogP contribution in [-0.4, -0.2) is 38.1 Å². The number of amides is 1. The van der Waals surface area contributed by atoms with Gasteiger partial charge < -0.3 is 19.5 Å². The zero-order chi connectivity index (χ0) is 20.1. The number of nitro groups is 1. The number of methoxy groups -OCH3 is 3. The van der Waals surface area contributed by atoms with Crippen molar-refractivity contribution in [3.8, 4) is 11.5 Å². The van der Waals surface area contributed by atoms with Crippen LogP contribution >= 0.6 is 11.6 Å². The van der Waals surface area contributed by atoms with Gasteiger partial charge in [-0.2, -0.15) is 0 Å². The molecule has 1 amide bonds. The fourth-order valence-electron chi connectivity index (χ4n) is 2.25. The monoisotopic (exact) mass is 394 g/mol. The number of rotatable bonds is 6. The number of hydrogen-bond donors (Lipinski definition) is 1. The second-order valence-corrected chi connectivity index (χ2v) is 5.53. The topological polar surface area (TPSA) is 117 Å².